The molecule has 12 heteroatoms. The molecule has 0 unspecified atom stereocenters. The second-order valence-electron chi connectivity index (χ2n) is 9.53. The molecule has 2 atom stereocenters. The zero-order valence-electron chi connectivity index (χ0n) is 21.3. The van der Waals surface area contributed by atoms with Gasteiger partial charge in [0, 0.05) is 29.2 Å². The lowest BCUT2D eigenvalue weighted by molar-refractivity contribution is -0.275. The Labute approximate surface area is 221 Å². The third-order valence-electron chi connectivity index (χ3n) is 6.32. The zero-order chi connectivity index (χ0) is 28.3. The van der Waals surface area contributed by atoms with Crippen molar-refractivity contribution in [1.82, 2.24) is 14.5 Å². The number of nitrogens with one attached hydrogen (secondary N) is 1. The number of ether oxygens (including phenoxy) is 1. The highest BCUT2D eigenvalue weighted by Crippen LogP contribution is 2.35. The fourth-order valence-corrected chi connectivity index (χ4v) is 4.38. The van der Waals surface area contributed by atoms with E-state index in [9.17, 15) is 18.0 Å². The third-order valence-corrected chi connectivity index (χ3v) is 6.32. The van der Waals surface area contributed by atoms with Gasteiger partial charge in [-0.15, -0.1) is 13.2 Å². The summed E-state index contributed by atoms with van der Waals surface area (Å²) in [5.41, 5.74) is 18.9. The lowest BCUT2D eigenvalue weighted by Gasteiger charge is -2.14. The molecule has 2 heterocycles. The molecule has 0 aliphatic carbocycles. The van der Waals surface area contributed by atoms with Crippen LogP contribution in [0, 0.1) is 5.82 Å². The minimum Gasteiger partial charge on any atom is -0.403 e. The number of aryl methyl sites for hydroxylation is 1. The summed E-state index contributed by atoms with van der Waals surface area (Å²) in [6.07, 6.45) is -1.33. The number of aromatic amines is 1. The first-order valence-corrected chi connectivity index (χ1v) is 12.5. The standard InChI is InChI=1S/C27H30F4N6O2/c1-15(33)3-2-4-16-11-20(24(28)23(12-16)39-27(29,30)31)22-13-18-14-37(26(38)36-25(18)35-22)19-7-5-17(6-8-19)21(34)9-10-32/h5-8,11-15,21H,2-4,9-10,32-34H2,1H3,(H,35,36,38)/t15-,21+/m0/s1. The van der Waals surface area contributed by atoms with Crippen LogP contribution in [-0.2, 0) is 6.42 Å². The van der Waals surface area contributed by atoms with E-state index in [1.54, 1.807) is 24.3 Å². The second kappa shape index (κ2) is 11.6. The molecule has 0 spiro atoms. The molecule has 4 aromatic rings. The van der Waals surface area contributed by atoms with Crippen molar-refractivity contribution >= 4 is 11.0 Å². The monoisotopic (exact) mass is 546 g/mol. The molecule has 0 saturated heterocycles. The number of aromatic nitrogens is 3. The summed E-state index contributed by atoms with van der Waals surface area (Å²) < 4.78 is 59.5. The Morgan fingerprint density at radius 1 is 1.10 bits per heavy atom. The van der Waals surface area contributed by atoms with Gasteiger partial charge < -0.3 is 26.9 Å². The van der Waals surface area contributed by atoms with Crippen molar-refractivity contribution < 1.29 is 22.3 Å². The summed E-state index contributed by atoms with van der Waals surface area (Å²) in [5, 5.41) is 0.452. The van der Waals surface area contributed by atoms with Gasteiger partial charge >= 0.3 is 12.1 Å². The predicted molar refractivity (Wildman–Crippen MR) is 141 cm³/mol. The Morgan fingerprint density at radius 3 is 2.46 bits per heavy atom. The molecular formula is C27H30F4N6O2. The molecule has 4 rings (SSSR count). The van der Waals surface area contributed by atoms with E-state index in [2.05, 4.69) is 14.7 Å². The molecule has 2 aromatic carbocycles. The quantitative estimate of drug-likeness (QED) is 0.217. The van der Waals surface area contributed by atoms with Crippen LogP contribution in [0.1, 0.15) is 43.4 Å². The Balaban J connectivity index is 1.73. The molecule has 7 N–H and O–H groups in total. The molecule has 208 valence electrons. The number of benzene rings is 2. The highest BCUT2D eigenvalue weighted by atomic mass is 19.4. The summed E-state index contributed by atoms with van der Waals surface area (Å²) in [4.78, 5) is 19.7. The Morgan fingerprint density at radius 2 is 1.82 bits per heavy atom. The summed E-state index contributed by atoms with van der Waals surface area (Å²) >= 11 is 0. The Hall–Kier alpha value is -3.74. The minimum atomic E-state index is -5.07. The maximum atomic E-state index is 15.3. The van der Waals surface area contributed by atoms with Crippen LogP contribution in [0.4, 0.5) is 17.6 Å². The first-order valence-electron chi connectivity index (χ1n) is 12.5. The van der Waals surface area contributed by atoms with Crippen molar-refractivity contribution in [3.05, 3.63) is 76.1 Å². The highest BCUT2D eigenvalue weighted by Gasteiger charge is 2.33. The van der Waals surface area contributed by atoms with Gasteiger partial charge in [0.2, 0.25) is 0 Å². The summed E-state index contributed by atoms with van der Waals surface area (Å²) in [7, 11) is 0. The van der Waals surface area contributed by atoms with Gasteiger partial charge in [-0.3, -0.25) is 4.57 Å². The van der Waals surface area contributed by atoms with Crippen molar-refractivity contribution in [3.8, 4) is 22.7 Å². The van der Waals surface area contributed by atoms with Crippen molar-refractivity contribution in [2.24, 2.45) is 17.2 Å². The van der Waals surface area contributed by atoms with E-state index >= 15 is 4.39 Å². The Bertz CT molecular complexity index is 1500. The third kappa shape index (κ3) is 6.83. The zero-order valence-corrected chi connectivity index (χ0v) is 21.3. The van der Waals surface area contributed by atoms with Crippen LogP contribution in [0.25, 0.3) is 28.0 Å². The minimum absolute atomic E-state index is 0.0811. The van der Waals surface area contributed by atoms with Gasteiger partial charge in [0.15, 0.2) is 11.6 Å². The number of hydrogen-bond acceptors (Lipinski definition) is 6. The van der Waals surface area contributed by atoms with Gasteiger partial charge in [-0.1, -0.05) is 12.1 Å². The number of nitrogens with zero attached hydrogens (tertiary/aromatic N) is 2. The maximum absolute atomic E-state index is 15.3. The molecule has 8 nitrogen and oxygen atoms in total. The summed E-state index contributed by atoms with van der Waals surface area (Å²) in [6, 6.07) is 10.7. The van der Waals surface area contributed by atoms with Gasteiger partial charge in [0.1, 0.15) is 5.65 Å². The van der Waals surface area contributed by atoms with E-state index in [-0.39, 0.29) is 29.0 Å². The van der Waals surface area contributed by atoms with Crippen molar-refractivity contribution in [1.29, 1.82) is 0 Å². The predicted octanol–water partition coefficient (Wildman–Crippen LogP) is 4.44. The summed E-state index contributed by atoms with van der Waals surface area (Å²) in [6.45, 7) is 2.27. The molecule has 39 heavy (non-hydrogen) atoms. The number of alkyl halides is 3. The van der Waals surface area contributed by atoms with Gasteiger partial charge in [-0.05, 0) is 80.6 Å². The molecule has 0 aliphatic rings. The van der Waals surface area contributed by atoms with Gasteiger partial charge in [0.05, 0.1) is 11.4 Å². The van der Waals surface area contributed by atoms with E-state index in [4.69, 9.17) is 17.2 Å². The number of fused-ring (bicyclic) bond motifs is 1. The topological polar surface area (TPSA) is 138 Å². The second-order valence-corrected chi connectivity index (χ2v) is 9.53. The van der Waals surface area contributed by atoms with Crippen molar-refractivity contribution in [2.45, 2.75) is 51.1 Å². The Kier molecular flexibility index (Phi) is 8.38. The van der Waals surface area contributed by atoms with Crippen LogP contribution in [-0.4, -0.2) is 33.5 Å². The van der Waals surface area contributed by atoms with Crippen LogP contribution in [0.2, 0.25) is 0 Å². The number of rotatable bonds is 10. The van der Waals surface area contributed by atoms with E-state index in [1.807, 2.05) is 6.92 Å². The lowest BCUT2D eigenvalue weighted by Crippen LogP contribution is -2.20. The molecule has 0 saturated carbocycles. The van der Waals surface area contributed by atoms with Gasteiger partial charge in [-0.2, -0.15) is 4.98 Å². The van der Waals surface area contributed by atoms with Crippen LogP contribution < -0.4 is 27.6 Å². The van der Waals surface area contributed by atoms with E-state index in [1.165, 1.54) is 22.9 Å². The van der Waals surface area contributed by atoms with Crippen LogP contribution in [0.5, 0.6) is 5.75 Å². The molecule has 0 radical (unpaired) electrons. The SMILES string of the molecule is C[C@H](N)CCCc1cc(OC(F)(F)F)c(F)c(-c2cc3cn(-c4ccc([C@H](N)CCN)cc4)c(=O)nc3[nH]2)c1. The fourth-order valence-electron chi connectivity index (χ4n) is 4.38. The van der Waals surface area contributed by atoms with Crippen LogP contribution in [0.3, 0.4) is 0 Å². The van der Waals surface area contributed by atoms with E-state index in [0.29, 0.717) is 48.9 Å². The largest absolute Gasteiger partial charge is 0.573 e. The molecule has 0 fully saturated rings. The molecule has 0 amide bonds. The van der Waals surface area contributed by atoms with Crippen molar-refractivity contribution in [3.63, 3.8) is 0 Å². The van der Waals surface area contributed by atoms with Gasteiger partial charge in [0.25, 0.3) is 0 Å². The smallest absolute Gasteiger partial charge is 0.403 e. The fraction of sp³-hybridized carbons (Fsp3) is 0.333. The van der Waals surface area contributed by atoms with Crippen LogP contribution in [0.15, 0.2) is 53.5 Å². The maximum Gasteiger partial charge on any atom is 0.573 e. The molecule has 0 bridgehead atoms. The van der Waals surface area contributed by atoms with Crippen molar-refractivity contribution in [2.75, 3.05) is 6.54 Å². The van der Waals surface area contributed by atoms with E-state index in [0.717, 1.165) is 11.6 Å². The number of H-pyrrole nitrogens is 1. The average Bonchev–Trinajstić information content (AvgIpc) is 3.27. The van der Waals surface area contributed by atoms with Gasteiger partial charge in [-0.25, -0.2) is 9.18 Å². The highest BCUT2D eigenvalue weighted by molar-refractivity contribution is 5.83. The number of nitrogens with two attached hydrogens (primary N) is 3. The molecular weight excluding hydrogens is 516 g/mol. The first-order chi connectivity index (χ1) is 18.4. The lowest BCUT2D eigenvalue weighted by atomic mass is 10.0. The van der Waals surface area contributed by atoms with Crippen LogP contribution >= 0.6 is 0 Å². The summed E-state index contributed by atoms with van der Waals surface area (Å²) in [5.74, 6) is -2.12. The normalized spacial score (nSPS) is 13.5. The molecule has 0 aliphatic heterocycles. The molecule has 2 aromatic heterocycles. The number of halogens is 4. The first kappa shape index (κ1) is 28.3. The van der Waals surface area contributed by atoms with E-state index < -0.39 is 23.6 Å². The average molecular weight is 547 g/mol. The number of hydrogen-bond donors (Lipinski definition) is 4.